The van der Waals surface area contributed by atoms with Crippen molar-refractivity contribution in [1.82, 2.24) is 4.98 Å². The number of benzene rings is 1. The number of nitrogens with one attached hydrogen (secondary N) is 1. The normalized spacial score (nSPS) is 10.3. The average molecular weight is 271 g/mol. The third-order valence-corrected chi connectivity index (χ3v) is 3.18. The van der Waals surface area contributed by atoms with E-state index in [9.17, 15) is 0 Å². The molecule has 0 saturated carbocycles. The van der Waals surface area contributed by atoms with Gasteiger partial charge in [0.25, 0.3) is 0 Å². The molecule has 2 rings (SSSR count). The molecule has 106 valence electrons. The second kappa shape index (κ2) is 7.50. The van der Waals surface area contributed by atoms with Gasteiger partial charge < -0.3 is 15.3 Å². The highest BCUT2D eigenvalue weighted by Crippen LogP contribution is 2.18. The molecular formula is C16H21N3O. The summed E-state index contributed by atoms with van der Waals surface area (Å²) >= 11 is 0. The molecule has 0 atom stereocenters. The van der Waals surface area contributed by atoms with E-state index in [-0.39, 0.29) is 6.61 Å². The SMILES string of the molecule is CCN(CCO)c1ccc(NCc2ccccn2)cc1. The Morgan fingerprint density at radius 1 is 1.15 bits per heavy atom. The van der Waals surface area contributed by atoms with Crippen LogP contribution in [0.5, 0.6) is 0 Å². The molecule has 0 fully saturated rings. The first kappa shape index (κ1) is 14.3. The van der Waals surface area contributed by atoms with Gasteiger partial charge in [0.15, 0.2) is 0 Å². The average Bonchev–Trinajstić information content (AvgIpc) is 2.52. The van der Waals surface area contributed by atoms with Crippen LogP contribution in [0, 0.1) is 0 Å². The van der Waals surface area contributed by atoms with Crippen molar-refractivity contribution >= 4 is 11.4 Å². The van der Waals surface area contributed by atoms with Crippen molar-refractivity contribution in [2.45, 2.75) is 13.5 Å². The monoisotopic (exact) mass is 271 g/mol. The fourth-order valence-corrected chi connectivity index (χ4v) is 2.08. The number of rotatable bonds is 7. The Hall–Kier alpha value is -2.07. The lowest BCUT2D eigenvalue weighted by molar-refractivity contribution is 0.302. The Balaban J connectivity index is 1.94. The van der Waals surface area contributed by atoms with Gasteiger partial charge in [0, 0.05) is 30.7 Å². The van der Waals surface area contributed by atoms with E-state index < -0.39 is 0 Å². The van der Waals surface area contributed by atoms with Crippen molar-refractivity contribution in [2.75, 3.05) is 29.9 Å². The molecule has 4 heteroatoms. The Morgan fingerprint density at radius 3 is 2.55 bits per heavy atom. The molecule has 0 bridgehead atoms. The van der Waals surface area contributed by atoms with Gasteiger partial charge in [-0.05, 0) is 43.3 Å². The molecule has 0 spiro atoms. The summed E-state index contributed by atoms with van der Waals surface area (Å²) in [5, 5.41) is 12.4. The lowest BCUT2D eigenvalue weighted by Crippen LogP contribution is -2.25. The van der Waals surface area contributed by atoms with E-state index in [1.807, 2.05) is 18.2 Å². The number of aliphatic hydroxyl groups is 1. The highest BCUT2D eigenvalue weighted by Gasteiger charge is 2.03. The smallest absolute Gasteiger partial charge is 0.0606 e. The van der Waals surface area contributed by atoms with Crippen LogP contribution < -0.4 is 10.2 Å². The molecule has 0 aliphatic rings. The maximum atomic E-state index is 9.03. The first-order valence-electron chi connectivity index (χ1n) is 6.93. The molecule has 0 amide bonds. The molecule has 1 aromatic carbocycles. The Morgan fingerprint density at radius 2 is 1.95 bits per heavy atom. The van der Waals surface area contributed by atoms with E-state index in [0.717, 1.165) is 23.6 Å². The molecule has 20 heavy (non-hydrogen) atoms. The first-order valence-corrected chi connectivity index (χ1v) is 6.93. The molecule has 0 unspecified atom stereocenters. The van der Waals surface area contributed by atoms with Crippen LogP contribution in [0.1, 0.15) is 12.6 Å². The van der Waals surface area contributed by atoms with Crippen molar-refractivity contribution in [2.24, 2.45) is 0 Å². The van der Waals surface area contributed by atoms with Crippen LogP contribution in [0.2, 0.25) is 0 Å². The van der Waals surface area contributed by atoms with Crippen molar-refractivity contribution < 1.29 is 5.11 Å². The molecule has 0 aliphatic carbocycles. The maximum Gasteiger partial charge on any atom is 0.0606 e. The fraction of sp³-hybridized carbons (Fsp3) is 0.312. The number of aromatic nitrogens is 1. The standard InChI is InChI=1S/C16H21N3O/c1-2-19(11-12-20)16-8-6-14(7-9-16)18-13-15-5-3-4-10-17-15/h3-10,18,20H,2,11-13H2,1H3. The van der Waals surface area contributed by atoms with Crippen LogP contribution in [-0.4, -0.2) is 29.8 Å². The zero-order chi connectivity index (χ0) is 14.2. The topological polar surface area (TPSA) is 48.4 Å². The van der Waals surface area contributed by atoms with Gasteiger partial charge >= 0.3 is 0 Å². The van der Waals surface area contributed by atoms with E-state index in [0.29, 0.717) is 13.1 Å². The first-order chi connectivity index (χ1) is 9.83. The number of pyridine rings is 1. The van der Waals surface area contributed by atoms with Gasteiger partial charge in [-0.25, -0.2) is 0 Å². The van der Waals surface area contributed by atoms with E-state index in [1.54, 1.807) is 6.20 Å². The Labute approximate surface area is 120 Å². The third kappa shape index (κ3) is 3.96. The summed E-state index contributed by atoms with van der Waals surface area (Å²) < 4.78 is 0. The molecule has 1 heterocycles. The van der Waals surface area contributed by atoms with Crippen LogP contribution >= 0.6 is 0 Å². The van der Waals surface area contributed by atoms with Gasteiger partial charge in [0.1, 0.15) is 0 Å². The molecule has 1 aromatic heterocycles. The summed E-state index contributed by atoms with van der Waals surface area (Å²) in [6.07, 6.45) is 1.80. The Kier molecular flexibility index (Phi) is 5.38. The number of anilines is 2. The number of likely N-dealkylation sites (N-methyl/N-ethyl adjacent to an activating group) is 1. The second-order valence-electron chi connectivity index (χ2n) is 4.52. The fourth-order valence-electron chi connectivity index (χ4n) is 2.08. The predicted octanol–water partition coefficient (Wildman–Crippen LogP) is 2.51. The van der Waals surface area contributed by atoms with E-state index in [2.05, 4.69) is 46.4 Å². The number of hydrogen-bond acceptors (Lipinski definition) is 4. The van der Waals surface area contributed by atoms with Crippen molar-refractivity contribution in [1.29, 1.82) is 0 Å². The summed E-state index contributed by atoms with van der Waals surface area (Å²) in [4.78, 5) is 6.42. The van der Waals surface area contributed by atoms with Crippen LogP contribution in [0.3, 0.4) is 0 Å². The number of aliphatic hydroxyl groups excluding tert-OH is 1. The van der Waals surface area contributed by atoms with Gasteiger partial charge in [-0.1, -0.05) is 6.07 Å². The molecular weight excluding hydrogens is 250 g/mol. The summed E-state index contributed by atoms with van der Waals surface area (Å²) in [5.74, 6) is 0. The summed E-state index contributed by atoms with van der Waals surface area (Å²) in [6.45, 7) is 4.53. The van der Waals surface area contributed by atoms with Gasteiger partial charge in [0.05, 0.1) is 18.8 Å². The maximum absolute atomic E-state index is 9.03. The lowest BCUT2D eigenvalue weighted by Gasteiger charge is -2.22. The van der Waals surface area contributed by atoms with Gasteiger partial charge in [-0.3, -0.25) is 4.98 Å². The highest BCUT2D eigenvalue weighted by molar-refractivity contribution is 5.55. The Bertz CT molecular complexity index is 499. The van der Waals surface area contributed by atoms with Crippen LogP contribution in [0.25, 0.3) is 0 Å². The van der Waals surface area contributed by atoms with Crippen LogP contribution in [0.4, 0.5) is 11.4 Å². The third-order valence-electron chi connectivity index (χ3n) is 3.18. The summed E-state index contributed by atoms with van der Waals surface area (Å²) in [6, 6.07) is 14.2. The molecule has 2 aromatic rings. The zero-order valence-electron chi connectivity index (χ0n) is 11.8. The minimum atomic E-state index is 0.174. The molecule has 0 aliphatic heterocycles. The van der Waals surface area contributed by atoms with Crippen LogP contribution in [0.15, 0.2) is 48.7 Å². The quantitative estimate of drug-likeness (QED) is 0.812. The molecule has 0 saturated heterocycles. The van der Waals surface area contributed by atoms with Crippen molar-refractivity contribution in [3.63, 3.8) is 0 Å². The number of hydrogen-bond donors (Lipinski definition) is 2. The molecule has 4 nitrogen and oxygen atoms in total. The van der Waals surface area contributed by atoms with E-state index >= 15 is 0 Å². The minimum Gasteiger partial charge on any atom is -0.395 e. The molecule has 0 radical (unpaired) electrons. The molecule has 2 N–H and O–H groups in total. The summed E-state index contributed by atoms with van der Waals surface area (Å²) in [7, 11) is 0. The van der Waals surface area contributed by atoms with Gasteiger partial charge in [-0.15, -0.1) is 0 Å². The lowest BCUT2D eigenvalue weighted by atomic mass is 10.2. The van der Waals surface area contributed by atoms with Crippen molar-refractivity contribution in [3.8, 4) is 0 Å². The zero-order valence-corrected chi connectivity index (χ0v) is 11.8. The highest BCUT2D eigenvalue weighted by atomic mass is 16.3. The van der Waals surface area contributed by atoms with Crippen molar-refractivity contribution in [3.05, 3.63) is 54.4 Å². The largest absolute Gasteiger partial charge is 0.395 e. The minimum absolute atomic E-state index is 0.174. The van der Waals surface area contributed by atoms with E-state index in [4.69, 9.17) is 5.11 Å². The second-order valence-corrected chi connectivity index (χ2v) is 4.52. The van der Waals surface area contributed by atoms with E-state index in [1.165, 1.54) is 0 Å². The van der Waals surface area contributed by atoms with Gasteiger partial charge in [0.2, 0.25) is 0 Å². The summed E-state index contributed by atoms with van der Waals surface area (Å²) in [5.41, 5.74) is 3.22. The number of nitrogens with zero attached hydrogens (tertiary/aromatic N) is 2. The van der Waals surface area contributed by atoms with Crippen LogP contribution in [-0.2, 0) is 6.54 Å². The van der Waals surface area contributed by atoms with Gasteiger partial charge in [-0.2, -0.15) is 0 Å². The predicted molar refractivity (Wildman–Crippen MR) is 83.0 cm³/mol.